The van der Waals surface area contributed by atoms with Gasteiger partial charge in [-0.15, -0.1) is 0 Å². The summed E-state index contributed by atoms with van der Waals surface area (Å²) >= 11 is 0. The Morgan fingerprint density at radius 2 is 1.00 bits per heavy atom. The number of aromatic nitrogens is 3. The maximum atomic E-state index is 14.6. The number of H-pyrrole nitrogens is 1. The molecule has 0 bridgehead atoms. The van der Waals surface area contributed by atoms with E-state index in [1.807, 2.05) is 181 Å². The van der Waals surface area contributed by atoms with Crippen molar-refractivity contribution in [1.29, 1.82) is 0 Å². The van der Waals surface area contributed by atoms with Crippen LogP contribution in [0.15, 0.2) is 231 Å². The molecule has 1 saturated heterocycles. The maximum absolute atomic E-state index is 14.6. The standard InChI is InChI=1S/C73H73FN4O9/c1-51(79)87-64(59-34-36-61(74)37-35-59)41-40-63-66(78(72(63)80)62-38-29-52(30-39-62)31-42-65-75-50-76-77-65)60-32-27-53(28-33-60)43-44-73(81)70(85-48-57-23-13-5-14-24-57)68(83-46-55-19-9-3-10-20-55)67(82-45-54-17-7-2-8-18-54)69(84-47-56-21-11-4-12-22-56)71(73)86-49-58-25-15-6-16-26-58/h2-30,32-39,50,63-64,66-71,81H,31,40-49H2,1H3,(H,75,76,77)/t63-,64+,66-,67-,68-,69+,70+,71-,73?/m1/s1. The van der Waals surface area contributed by atoms with E-state index < -0.39 is 59.9 Å². The monoisotopic (exact) mass is 1170 g/mol. The molecule has 1 aliphatic heterocycles. The second-order valence-electron chi connectivity index (χ2n) is 22.5. The highest BCUT2D eigenvalue weighted by Gasteiger charge is 2.62. The lowest BCUT2D eigenvalue weighted by Crippen LogP contribution is -2.73. The van der Waals surface area contributed by atoms with Crippen molar-refractivity contribution < 1.29 is 47.5 Å². The lowest BCUT2D eigenvalue weighted by molar-refractivity contribution is -0.318. The molecule has 1 saturated carbocycles. The lowest BCUT2D eigenvalue weighted by Gasteiger charge is -2.54. The van der Waals surface area contributed by atoms with Gasteiger partial charge < -0.3 is 38.4 Å². The number of aryl methyl sites for hydroxylation is 3. The van der Waals surface area contributed by atoms with Gasteiger partial charge >= 0.3 is 5.97 Å². The molecule has 2 heterocycles. The number of esters is 1. The van der Waals surface area contributed by atoms with Gasteiger partial charge in [0.1, 0.15) is 54.4 Å². The average molecular weight is 1170 g/mol. The summed E-state index contributed by atoms with van der Waals surface area (Å²) in [6.45, 7) is 2.30. The number of aliphatic hydroxyl groups is 1. The van der Waals surface area contributed by atoms with Gasteiger partial charge in [0.05, 0.1) is 45.0 Å². The molecule has 2 N–H and O–H groups in total. The van der Waals surface area contributed by atoms with Gasteiger partial charge in [-0.05, 0) is 106 Å². The number of benzene rings is 8. The molecule has 1 aromatic heterocycles. The predicted octanol–water partition coefficient (Wildman–Crippen LogP) is 13.1. The van der Waals surface area contributed by atoms with E-state index in [9.17, 15) is 19.1 Å². The van der Waals surface area contributed by atoms with E-state index in [4.69, 9.17) is 28.4 Å². The topological polar surface area (TPSA) is 155 Å². The predicted molar refractivity (Wildman–Crippen MR) is 329 cm³/mol. The Kier molecular flexibility index (Phi) is 20.3. The third-order valence-electron chi connectivity index (χ3n) is 16.6. The molecule has 8 aromatic carbocycles. The summed E-state index contributed by atoms with van der Waals surface area (Å²) in [7, 11) is 0. The van der Waals surface area contributed by atoms with Crippen molar-refractivity contribution in [2.75, 3.05) is 4.90 Å². The van der Waals surface area contributed by atoms with Crippen LogP contribution in [0.4, 0.5) is 10.1 Å². The number of carbonyl (C=O) groups excluding carboxylic acids is 2. The van der Waals surface area contributed by atoms with Crippen LogP contribution in [0.5, 0.6) is 0 Å². The molecule has 0 spiro atoms. The van der Waals surface area contributed by atoms with E-state index >= 15 is 0 Å². The Bertz CT molecular complexity index is 3440. The minimum atomic E-state index is -1.77. The molecule has 14 heteroatoms. The van der Waals surface area contributed by atoms with Crippen LogP contribution in [0.1, 0.15) is 94.2 Å². The molecular formula is C73H73FN4O9. The average Bonchev–Trinajstić information content (AvgIpc) is 1.05. The molecule has 9 aromatic rings. The second-order valence-corrected chi connectivity index (χ2v) is 22.5. The molecular weight excluding hydrogens is 1100 g/mol. The van der Waals surface area contributed by atoms with Gasteiger partial charge in [0, 0.05) is 19.0 Å². The first-order chi connectivity index (χ1) is 42.6. The lowest BCUT2D eigenvalue weighted by atomic mass is 9.71. The number of nitrogens with one attached hydrogen (secondary N) is 1. The molecule has 2 aliphatic rings. The number of carbonyl (C=O) groups is 2. The van der Waals surface area contributed by atoms with Crippen LogP contribution in [0.3, 0.4) is 0 Å². The fourth-order valence-corrected chi connectivity index (χ4v) is 12.1. The normalized spacial score (nSPS) is 21.3. The Balaban J connectivity index is 0.939. The summed E-state index contributed by atoms with van der Waals surface area (Å²) in [4.78, 5) is 33.1. The largest absolute Gasteiger partial charge is 0.458 e. The SMILES string of the molecule is CC(=O)O[C@@H](CC[C@H]1C(=O)N(c2ccc(CCc3nc[nH]n3)cc2)[C@@H]1c1ccc(CCC2(O)[C@H](OCc3ccccc3)[C@@H](OCc3ccccc3)[C@H](OCc3ccccc3)[C@@H](OCc3ccccc3)[C@@H]2OCc2ccccc2)cc1)c1ccc(F)cc1. The van der Waals surface area contributed by atoms with Crippen molar-refractivity contribution >= 4 is 17.6 Å². The second kappa shape index (κ2) is 29.3. The molecule has 446 valence electrons. The van der Waals surface area contributed by atoms with Crippen LogP contribution in [-0.2, 0) is 90.3 Å². The minimum absolute atomic E-state index is 0.0556. The van der Waals surface area contributed by atoms with Crippen LogP contribution in [-0.4, -0.2) is 68.3 Å². The van der Waals surface area contributed by atoms with E-state index in [0.717, 1.165) is 62.4 Å². The number of aromatic amines is 1. The number of hydrogen-bond acceptors (Lipinski definition) is 11. The number of β-lactam (4-membered cyclic amide) rings is 1. The number of anilines is 1. The van der Waals surface area contributed by atoms with E-state index in [1.54, 1.807) is 18.5 Å². The summed E-state index contributed by atoms with van der Waals surface area (Å²) in [6.07, 6.45) is -1.07. The summed E-state index contributed by atoms with van der Waals surface area (Å²) in [6, 6.07) is 71.5. The van der Waals surface area contributed by atoms with Crippen LogP contribution >= 0.6 is 0 Å². The fraction of sp³-hybridized carbons (Fsp3) is 0.288. The van der Waals surface area contributed by atoms with Gasteiger partial charge in [-0.3, -0.25) is 14.7 Å². The first kappa shape index (κ1) is 60.2. The van der Waals surface area contributed by atoms with Crippen molar-refractivity contribution in [1.82, 2.24) is 15.2 Å². The zero-order valence-electron chi connectivity index (χ0n) is 48.8. The van der Waals surface area contributed by atoms with Gasteiger partial charge in [-0.1, -0.05) is 200 Å². The van der Waals surface area contributed by atoms with Gasteiger partial charge in [-0.25, -0.2) is 9.37 Å². The fourth-order valence-electron chi connectivity index (χ4n) is 12.1. The van der Waals surface area contributed by atoms with Crippen molar-refractivity contribution in [2.24, 2.45) is 5.92 Å². The number of rotatable bonds is 28. The van der Waals surface area contributed by atoms with Gasteiger partial charge in [0.15, 0.2) is 5.82 Å². The molecule has 9 atom stereocenters. The zero-order valence-corrected chi connectivity index (χ0v) is 48.8. The molecule has 87 heavy (non-hydrogen) atoms. The van der Waals surface area contributed by atoms with Gasteiger partial charge in [0.2, 0.25) is 5.91 Å². The molecule has 11 rings (SSSR count). The van der Waals surface area contributed by atoms with Crippen molar-refractivity contribution in [3.8, 4) is 0 Å². The highest BCUT2D eigenvalue weighted by molar-refractivity contribution is 6.03. The third-order valence-corrected chi connectivity index (χ3v) is 16.6. The van der Waals surface area contributed by atoms with Crippen LogP contribution in [0.2, 0.25) is 0 Å². The quantitative estimate of drug-likeness (QED) is 0.0356. The first-order valence-electron chi connectivity index (χ1n) is 29.9. The number of hydrogen-bond donors (Lipinski definition) is 2. The summed E-state index contributed by atoms with van der Waals surface area (Å²) in [5.74, 6) is -0.665. The Labute approximate surface area is 508 Å². The van der Waals surface area contributed by atoms with Gasteiger partial charge in [0.25, 0.3) is 0 Å². The van der Waals surface area contributed by atoms with E-state index in [0.29, 0.717) is 31.2 Å². The highest BCUT2D eigenvalue weighted by atomic mass is 19.1. The van der Waals surface area contributed by atoms with Crippen molar-refractivity contribution in [3.63, 3.8) is 0 Å². The van der Waals surface area contributed by atoms with Crippen LogP contribution < -0.4 is 4.90 Å². The Morgan fingerprint density at radius 1 is 0.552 bits per heavy atom. The highest BCUT2D eigenvalue weighted by Crippen LogP contribution is 2.48. The molecule has 13 nitrogen and oxygen atoms in total. The number of ether oxygens (including phenoxy) is 6. The molecule has 1 aliphatic carbocycles. The Hall–Kier alpha value is -8.47. The van der Waals surface area contributed by atoms with Crippen LogP contribution in [0.25, 0.3) is 0 Å². The Morgan fingerprint density at radius 3 is 1.46 bits per heavy atom. The first-order valence-corrected chi connectivity index (χ1v) is 29.9. The summed E-state index contributed by atoms with van der Waals surface area (Å²) in [5, 5.41) is 21.2. The molecule has 0 radical (unpaired) electrons. The van der Waals surface area contributed by atoms with E-state index in [1.165, 1.54) is 19.1 Å². The molecule has 1 unspecified atom stereocenters. The minimum Gasteiger partial charge on any atom is -0.458 e. The van der Waals surface area contributed by atoms with Gasteiger partial charge in [-0.2, -0.15) is 5.10 Å². The smallest absolute Gasteiger partial charge is 0.303 e. The molecule has 1 amide bonds. The number of nitrogens with zero attached hydrogens (tertiary/aromatic N) is 3. The number of halogens is 1. The van der Waals surface area contributed by atoms with E-state index in [-0.39, 0.29) is 51.4 Å². The van der Waals surface area contributed by atoms with E-state index in [2.05, 4.69) is 39.4 Å². The van der Waals surface area contributed by atoms with Crippen molar-refractivity contribution in [2.45, 2.75) is 127 Å². The third kappa shape index (κ3) is 15.4. The summed E-state index contributed by atoms with van der Waals surface area (Å²) < 4.78 is 55.6. The number of amides is 1. The van der Waals surface area contributed by atoms with Crippen LogP contribution in [0, 0.1) is 11.7 Å². The maximum Gasteiger partial charge on any atom is 0.303 e. The molecule has 2 fully saturated rings. The summed E-state index contributed by atoms with van der Waals surface area (Å²) in [5.41, 5.74) is 7.22. The van der Waals surface area contributed by atoms with Crippen molar-refractivity contribution in [3.05, 3.63) is 292 Å². The zero-order chi connectivity index (χ0) is 59.8.